The van der Waals surface area contributed by atoms with Gasteiger partial charge in [0, 0.05) is 28.7 Å². The molecule has 3 rings (SSSR count). The zero-order chi connectivity index (χ0) is 20.3. The van der Waals surface area contributed by atoms with Crippen LogP contribution >= 0.6 is 0 Å². The average Bonchev–Trinajstić information content (AvgIpc) is 2.99. The number of nitrogens with one attached hydrogen (secondary N) is 1. The first kappa shape index (κ1) is 18.8. The molecule has 2 N–H and O–H groups in total. The van der Waals surface area contributed by atoms with E-state index in [0.717, 1.165) is 12.1 Å². The average molecular weight is 381 g/mol. The number of fused-ring (bicyclic) bond motifs is 1. The molecule has 1 heterocycles. The number of carbonyl (C=O) groups is 2. The Labute approximate surface area is 157 Å². The normalized spacial score (nSPS) is 11.2. The molecule has 8 heteroatoms. The first-order chi connectivity index (χ1) is 13.4. The number of para-hydroxylation sites is 1. The summed E-state index contributed by atoms with van der Waals surface area (Å²) in [5.41, 5.74) is 0.504. The third kappa shape index (κ3) is 3.88. The Bertz CT molecular complexity index is 1160. The molecule has 140 valence electrons. The van der Waals surface area contributed by atoms with Gasteiger partial charge in [0.1, 0.15) is 29.8 Å². The molecule has 1 aromatic heterocycles. The molecule has 0 fully saturated rings. The number of anilines is 1. The summed E-state index contributed by atoms with van der Waals surface area (Å²) in [5.74, 6) is -3.68. The number of aromatic nitrogens is 1. The van der Waals surface area contributed by atoms with E-state index in [0.29, 0.717) is 22.5 Å². The minimum Gasteiger partial charge on any atom is -0.480 e. The maximum absolute atomic E-state index is 13.7. The predicted molar refractivity (Wildman–Crippen MR) is 98.2 cm³/mol. The van der Waals surface area contributed by atoms with Gasteiger partial charge in [-0.2, -0.15) is 5.26 Å². The largest absolute Gasteiger partial charge is 0.480 e. The van der Waals surface area contributed by atoms with Crippen LogP contribution < -0.4 is 5.32 Å². The van der Waals surface area contributed by atoms with Crippen LogP contribution in [0.4, 0.5) is 14.5 Å². The molecule has 0 aliphatic carbocycles. The number of hydrogen-bond donors (Lipinski definition) is 2. The van der Waals surface area contributed by atoms with E-state index in [1.807, 2.05) is 0 Å². The summed E-state index contributed by atoms with van der Waals surface area (Å²) < 4.78 is 28.2. The van der Waals surface area contributed by atoms with Crippen LogP contribution in [-0.4, -0.2) is 21.6 Å². The summed E-state index contributed by atoms with van der Waals surface area (Å²) in [4.78, 5) is 23.4. The summed E-state index contributed by atoms with van der Waals surface area (Å²) >= 11 is 0. The molecule has 0 saturated carbocycles. The molecule has 0 bridgehead atoms. The van der Waals surface area contributed by atoms with Crippen LogP contribution in [0.2, 0.25) is 0 Å². The number of aliphatic carboxylic acids is 1. The van der Waals surface area contributed by atoms with Gasteiger partial charge in [0.2, 0.25) is 0 Å². The fraction of sp³-hybridized carbons (Fsp3) is 0.0500. The fourth-order valence-corrected chi connectivity index (χ4v) is 2.75. The van der Waals surface area contributed by atoms with E-state index in [-0.39, 0.29) is 17.8 Å². The second kappa shape index (κ2) is 7.72. The third-order valence-corrected chi connectivity index (χ3v) is 3.97. The quantitative estimate of drug-likeness (QED) is 0.522. The van der Waals surface area contributed by atoms with Gasteiger partial charge >= 0.3 is 5.97 Å². The number of amides is 1. The molecule has 0 radical (unpaired) electrons. The van der Waals surface area contributed by atoms with Gasteiger partial charge in [0.05, 0.1) is 5.69 Å². The number of carbonyl (C=O) groups excluding carboxylic acids is 1. The summed E-state index contributed by atoms with van der Waals surface area (Å²) in [6.45, 7) is -0.288. The van der Waals surface area contributed by atoms with E-state index in [1.165, 1.54) is 16.8 Å². The van der Waals surface area contributed by atoms with Crippen molar-refractivity contribution < 1.29 is 23.5 Å². The first-order valence-electron chi connectivity index (χ1n) is 8.07. The van der Waals surface area contributed by atoms with Crippen LogP contribution in [0.5, 0.6) is 0 Å². The van der Waals surface area contributed by atoms with Crippen LogP contribution in [0.3, 0.4) is 0 Å². The number of benzene rings is 2. The molecule has 3 aromatic rings. The fourth-order valence-electron chi connectivity index (χ4n) is 2.75. The lowest BCUT2D eigenvalue weighted by atomic mass is 10.1. The monoisotopic (exact) mass is 381 g/mol. The van der Waals surface area contributed by atoms with Crippen LogP contribution in [-0.2, 0) is 16.1 Å². The minimum absolute atomic E-state index is 0.263. The number of halogens is 2. The Hall–Kier alpha value is -3.99. The second-order valence-electron chi connectivity index (χ2n) is 5.87. The molecule has 0 saturated heterocycles. The molecule has 28 heavy (non-hydrogen) atoms. The van der Waals surface area contributed by atoms with Crippen LogP contribution in [0.15, 0.2) is 54.2 Å². The minimum atomic E-state index is -1.04. The Kier molecular flexibility index (Phi) is 5.18. The SMILES string of the molecule is N#CC(=Cc1cn(CC(=O)O)c2ccccc12)C(=O)Nc1ccc(F)cc1F. The number of hydrogen-bond acceptors (Lipinski definition) is 3. The molecular weight excluding hydrogens is 368 g/mol. The highest BCUT2D eigenvalue weighted by molar-refractivity contribution is 6.10. The van der Waals surface area contributed by atoms with Crippen molar-refractivity contribution in [2.24, 2.45) is 0 Å². The number of nitriles is 1. The number of nitrogens with zero attached hydrogens (tertiary/aromatic N) is 2. The number of carboxylic acids is 1. The van der Waals surface area contributed by atoms with E-state index in [4.69, 9.17) is 5.11 Å². The zero-order valence-electron chi connectivity index (χ0n) is 14.3. The van der Waals surface area contributed by atoms with Gasteiger partial charge in [-0.25, -0.2) is 8.78 Å². The van der Waals surface area contributed by atoms with Crippen molar-refractivity contribution in [1.82, 2.24) is 4.57 Å². The molecule has 0 spiro atoms. The van der Waals surface area contributed by atoms with Gasteiger partial charge in [-0.15, -0.1) is 0 Å². The van der Waals surface area contributed by atoms with E-state index >= 15 is 0 Å². The van der Waals surface area contributed by atoms with Crippen molar-refractivity contribution in [1.29, 1.82) is 5.26 Å². The van der Waals surface area contributed by atoms with Crippen LogP contribution in [0.1, 0.15) is 5.56 Å². The molecule has 0 aliphatic rings. The van der Waals surface area contributed by atoms with E-state index in [2.05, 4.69) is 5.32 Å². The van der Waals surface area contributed by atoms with Gasteiger partial charge in [-0.3, -0.25) is 9.59 Å². The van der Waals surface area contributed by atoms with Crippen molar-refractivity contribution >= 4 is 34.5 Å². The van der Waals surface area contributed by atoms with Crippen molar-refractivity contribution in [2.45, 2.75) is 6.54 Å². The highest BCUT2D eigenvalue weighted by Crippen LogP contribution is 2.24. The highest BCUT2D eigenvalue weighted by atomic mass is 19.1. The Balaban J connectivity index is 1.97. The molecule has 0 aliphatic heterocycles. The van der Waals surface area contributed by atoms with Crippen molar-refractivity contribution in [3.8, 4) is 6.07 Å². The van der Waals surface area contributed by atoms with Gasteiger partial charge < -0.3 is 15.0 Å². The van der Waals surface area contributed by atoms with Crippen LogP contribution in [0.25, 0.3) is 17.0 Å². The maximum atomic E-state index is 13.7. The highest BCUT2D eigenvalue weighted by Gasteiger charge is 2.15. The smallest absolute Gasteiger partial charge is 0.323 e. The van der Waals surface area contributed by atoms with Gasteiger partial charge in [0.25, 0.3) is 5.91 Å². The molecule has 1 amide bonds. The predicted octanol–water partition coefficient (Wildman–Crippen LogP) is 3.55. The van der Waals surface area contributed by atoms with Crippen molar-refractivity contribution in [3.63, 3.8) is 0 Å². The molecule has 0 unspecified atom stereocenters. The topological polar surface area (TPSA) is 95.1 Å². The molecule has 0 atom stereocenters. The Morgan fingerprint density at radius 2 is 1.96 bits per heavy atom. The van der Waals surface area contributed by atoms with Gasteiger partial charge in [-0.1, -0.05) is 18.2 Å². The lowest BCUT2D eigenvalue weighted by Gasteiger charge is -2.05. The molecular formula is C20H13F2N3O3. The van der Waals surface area contributed by atoms with E-state index in [9.17, 15) is 23.6 Å². The van der Waals surface area contributed by atoms with Crippen molar-refractivity contribution in [3.05, 3.63) is 71.4 Å². The van der Waals surface area contributed by atoms with Crippen molar-refractivity contribution in [2.75, 3.05) is 5.32 Å². The Morgan fingerprint density at radius 1 is 1.21 bits per heavy atom. The zero-order valence-corrected chi connectivity index (χ0v) is 14.3. The first-order valence-corrected chi connectivity index (χ1v) is 8.07. The van der Waals surface area contributed by atoms with Crippen LogP contribution in [0, 0.1) is 23.0 Å². The lowest BCUT2D eigenvalue weighted by Crippen LogP contribution is -2.14. The standard InChI is InChI=1S/C20H13F2N3O3/c21-14-5-6-17(16(22)8-14)24-20(28)12(9-23)7-13-10-25(11-19(26)27)18-4-2-1-3-15(13)18/h1-8,10H,11H2,(H,24,28)(H,26,27). The second-order valence-corrected chi connectivity index (χ2v) is 5.87. The summed E-state index contributed by atoms with van der Waals surface area (Å²) in [6, 6.07) is 11.3. The van der Waals surface area contributed by atoms with Gasteiger partial charge in [-0.05, 0) is 24.3 Å². The lowest BCUT2D eigenvalue weighted by molar-refractivity contribution is -0.137. The Morgan fingerprint density at radius 3 is 2.64 bits per heavy atom. The number of rotatable bonds is 5. The molecule has 2 aromatic carbocycles. The number of carboxylic acid groups (broad SMARTS) is 1. The van der Waals surface area contributed by atoms with Gasteiger partial charge in [0.15, 0.2) is 0 Å². The molecule has 6 nitrogen and oxygen atoms in total. The van der Waals surface area contributed by atoms with E-state index < -0.39 is 23.5 Å². The third-order valence-electron chi connectivity index (χ3n) is 3.97. The maximum Gasteiger partial charge on any atom is 0.323 e. The summed E-state index contributed by atoms with van der Waals surface area (Å²) in [6.07, 6.45) is 2.80. The summed E-state index contributed by atoms with van der Waals surface area (Å²) in [5, 5.41) is 21.3. The summed E-state index contributed by atoms with van der Waals surface area (Å²) in [7, 11) is 0. The van der Waals surface area contributed by atoms with E-state index in [1.54, 1.807) is 30.3 Å².